The van der Waals surface area contributed by atoms with Gasteiger partial charge in [0.1, 0.15) is 11.1 Å². The van der Waals surface area contributed by atoms with Crippen LogP contribution in [0, 0.1) is 5.92 Å². The first-order chi connectivity index (χ1) is 25.9. The number of piperidine rings is 2. The van der Waals surface area contributed by atoms with Gasteiger partial charge in [0.05, 0.1) is 28.4 Å². The molecule has 0 radical (unpaired) electrons. The van der Waals surface area contributed by atoms with Gasteiger partial charge in [-0.05, 0) is 61.6 Å². The monoisotopic (exact) mass is 756 g/mol. The predicted molar refractivity (Wildman–Crippen MR) is 206 cm³/mol. The molecule has 7 rings (SSSR count). The van der Waals surface area contributed by atoms with E-state index in [0.717, 1.165) is 49.1 Å². The van der Waals surface area contributed by atoms with Crippen LogP contribution < -0.4 is 41.7 Å². The molecule has 17 heteroatoms. The van der Waals surface area contributed by atoms with Crippen molar-refractivity contribution < 1.29 is 19.1 Å². The molecule has 0 bridgehead atoms. The summed E-state index contributed by atoms with van der Waals surface area (Å²) in [6.45, 7) is 1.95. The molecule has 0 spiro atoms. The fourth-order valence-corrected chi connectivity index (χ4v) is 7.48. The highest BCUT2D eigenvalue weighted by atomic mass is 35.5. The highest BCUT2D eigenvalue weighted by molar-refractivity contribution is 6.33. The van der Waals surface area contributed by atoms with Crippen LogP contribution >= 0.6 is 11.6 Å². The van der Waals surface area contributed by atoms with Gasteiger partial charge in [-0.2, -0.15) is 4.98 Å². The van der Waals surface area contributed by atoms with Crippen LogP contribution in [0.2, 0.25) is 5.02 Å². The van der Waals surface area contributed by atoms with Crippen molar-refractivity contribution in [3.05, 3.63) is 74.5 Å². The van der Waals surface area contributed by atoms with Crippen molar-refractivity contribution in [2.24, 2.45) is 20.0 Å². The number of nitrogens with zero attached hydrogens (tertiary/aromatic N) is 7. The van der Waals surface area contributed by atoms with Gasteiger partial charge < -0.3 is 29.7 Å². The van der Waals surface area contributed by atoms with Gasteiger partial charge in [0.2, 0.25) is 17.8 Å². The number of carbonyl (C=O) groups excluding carboxylic acids is 3. The maximum atomic E-state index is 13.4. The Bertz CT molecular complexity index is 2410. The van der Waals surface area contributed by atoms with Crippen molar-refractivity contribution in [2.45, 2.75) is 31.7 Å². The molecule has 16 nitrogen and oxygen atoms in total. The number of ether oxygens (including phenoxy) is 1. The van der Waals surface area contributed by atoms with E-state index in [1.165, 1.54) is 16.2 Å². The number of pyridine rings is 1. The van der Waals surface area contributed by atoms with Crippen LogP contribution in [0.5, 0.6) is 5.75 Å². The highest BCUT2D eigenvalue weighted by Gasteiger charge is 2.32. The largest absolute Gasteiger partial charge is 0.478 e. The van der Waals surface area contributed by atoms with Crippen LogP contribution in [0.25, 0.3) is 21.9 Å². The van der Waals surface area contributed by atoms with E-state index in [1.807, 2.05) is 43.4 Å². The summed E-state index contributed by atoms with van der Waals surface area (Å²) >= 11 is 6.55. The second-order valence-corrected chi connectivity index (χ2v) is 14.1. The number of hydrogen-bond donors (Lipinski definition) is 3. The third-order valence-electron chi connectivity index (χ3n) is 10.3. The molecule has 1 atom stereocenters. The number of rotatable bonds is 10. The molecule has 5 heterocycles. The van der Waals surface area contributed by atoms with E-state index in [-0.39, 0.29) is 48.3 Å². The van der Waals surface area contributed by atoms with E-state index in [4.69, 9.17) is 21.3 Å². The number of likely N-dealkylation sites (N-methyl/N-ethyl adjacent to an activating group) is 1. The van der Waals surface area contributed by atoms with Crippen molar-refractivity contribution in [3.8, 4) is 5.75 Å². The van der Waals surface area contributed by atoms with Crippen LogP contribution in [-0.2, 0) is 28.5 Å². The smallest absolute Gasteiger partial charge is 0.329 e. The molecule has 5 aromatic rings. The van der Waals surface area contributed by atoms with Gasteiger partial charge in [-0.25, -0.2) is 9.78 Å². The maximum absolute atomic E-state index is 13.4. The minimum absolute atomic E-state index is 0.0641. The quantitative estimate of drug-likeness (QED) is 0.179. The minimum Gasteiger partial charge on any atom is -0.478 e. The number of hydrogen-bond acceptors (Lipinski definition) is 11. The van der Waals surface area contributed by atoms with E-state index in [2.05, 4.69) is 30.7 Å². The standard InChI is InChI=1S/C37H41ClN10O6/c1-39-31(50)20-54-29-17-22-16-23(8-9-25(22)45(3)35(29)52)41-33-24(38)18-40-36(43-33)47-14-12-21(13-15-47)19-44(2)26-6-5-7-27-32(26)46(4)37(53)48(27)28-10-11-30(49)42-34(28)51/h5-9,16-18,21,28H,10-15,19-20H2,1-4H3,(H,39,50)(H,40,41,43)(H,42,49,51). The Morgan fingerprint density at radius 1 is 1.04 bits per heavy atom. The molecule has 282 valence electrons. The van der Waals surface area contributed by atoms with E-state index in [1.54, 1.807) is 30.9 Å². The lowest BCUT2D eigenvalue weighted by atomic mass is 9.96. The fraction of sp³-hybridized carbons (Fsp3) is 0.378. The number of nitrogens with one attached hydrogen (secondary N) is 3. The molecule has 2 aliphatic rings. The molecular weight excluding hydrogens is 716 g/mol. The average molecular weight is 757 g/mol. The Hall–Kier alpha value is -5.90. The molecule has 2 fully saturated rings. The van der Waals surface area contributed by atoms with Gasteiger partial charge in [0.15, 0.2) is 18.2 Å². The molecule has 3 aromatic heterocycles. The Kier molecular flexibility index (Phi) is 10.0. The topological polar surface area (TPSA) is 178 Å². The van der Waals surface area contributed by atoms with Crippen molar-refractivity contribution in [3.63, 3.8) is 0 Å². The minimum atomic E-state index is -0.741. The van der Waals surface area contributed by atoms with Gasteiger partial charge in [-0.15, -0.1) is 0 Å². The van der Waals surface area contributed by atoms with Crippen molar-refractivity contribution >= 4 is 74.4 Å². The zero-order chi connectivity index (χ0) is 38.3. The molecular formula is C37H41ClN10O6. The van der Waals surface area contributed by atoms with E-state index >= 15 is 0 Å². The number of halogens is 1. The molecule has 54 heavy (non-hydrogen) atoms. The summed E-state index contributed by atoms with van der Waals surface area (Å²) in [6.07, 6.45) is 3.82. The Labute approximate surface area is 314 Å². The molecule has 2 aromatic carbocycles. The summed E-state index contributed by atoms with van der Waals surface area (Å²) in [6, 6.07) is 12.1. The SMILES string of the molecule is CNC(=O)COc1cc2cc(Nc3nc(N4CCC(CN(C)c5cccc6c5n(C)c(=O)n6C5CCC(=O)NC5=O)CC4)ncc3Cl)ccc2n(C)c1=O. The van der Waals surface area contributed by atoms with Gasteiger partial charge in [-0.1, -0.05) is 17.7 Å². The number of anilines is 4. The molecule has 3 N–H and O–H groups in total. The summed E-state index contributed by atoms with van der Waals surface area (Å²) in [7, 11) is 6.87. The average Bonchev–Trinajstić information content (AvgIpc) is 3.42. The third kappa shape index (κ3) is 6.96. The Balaban J connectivity index is 1.03. The van der Waals surface area contributed by atoms with Gasteiger partial charge in [-0.3, -0.25) is 33.6 Å². The number of aromatic nitrogens is 5. The summed E-state index contributed by atoms with van der Waals surface area (Å²) in [4.78, 5) is 76.0. The van der Waals surface area contributed by atoms with Crippen LogP contribution in [-0.4, -0.2) is 81.7 Å². The number of benzene rings is 2. The second kappa shape index (κ2) is 14.9. The highest BCUT2D eigenvalue weighted by Crippen LogP contribution is 2.32. The molecule has 1 unspecified atom stereocenters. The number of aryl methyl sites for hydroxylation is 2. The molecule has 3 amide bonds. The fourth-order valence-electron chi connectivity index (χ4n) is 7.34. The first-order valence-electron chi connectivity index (χ1n) is 17.7. The van der Waals surface area contributed by atoms with Gasteiger partial charge >= 0.3 is 5.69 Å². The van der Waals surface area contributed by atoms with Crippen LogP contribution in [0.4, 0.5) is 23.1 Å². The van der Waals surface area contributed by atoms with Crippen LogP contribution in [0.1, 0.15) is 31.7 Å². The van der Waals surface area contributed by atoms with Crippen molar-refractivity contribution in [1.82, 2.24) is 34.3 Å². The number of imidazole rings is 1. The lowest BCUT2D eigenvalue weighted by Crippen LogP contribution is -2.44. The van der Waals surface area contributed by atoms with Crippen molar-refractivity contribution in [2.75, 3.05) is 55.5 Å². The number of carbonyl (C=O) groups is 3. The molecule has 2 aliphatic heterocycles. The first kappa shape index (κ1) is 36.5. The number of para-hydroxylation sites is 1. The summed E-state index contributed by atoms with van der Waals surface area (Å²) in [5.41, 5.74) is 3.02. The number of amides is 3. The van der Waals surface area contributed by atoms with Crippen molar-refractivity contribution in [1.29, 1.82) is 0 Å². The first-order valence-corrected chi connectivity index (χ1v) is 18.1. The zero-order valence-corrected chi connectivity index (χ0v) is 31.1. The lowest BCUT2D eigenvalue weighted by Gasteiger charge is -2.34. The second-order valence-electron chi connectivity index (χ2n) is 13.7. The lowest BCUT2D eigenvalue weighted by molar-refractivity contribution is -0.135. The van der Waals surface area contributed by atoms with Crippen LogP contribution in [0.3, 0.4) is 0 Å². The molecule has 0 saturated carbocycles. The molecule has 0 aliphatic carbocycles. The van der Waals surface area contributed by atoms with Gasteiger partial charge in [0, 0.05) is 65.3 Å². The van der Waals surface area contributed by atoms with E-state index in [9.17, 15) is 24.0 Å². The molecule has 2 saturated heterocycles. The maximum Gasteiger partial charge on any atom is 0.329 e. The number of imide groups is 1. The normalized spacial score (nSPS) is 16.5. The number of fused-ring (bicyclic) bond motifs is 2. The van der Waals surface area contributed by atoms with Crippen LogP contribution in [0.15, 0.2) is 58.3 Å². The summed E-state index contributed by atoms with van der Waals surface area (Å²) in [5.74, 6) is 0.289. The summed E-state index contributed by atoms with van der Waals surface area (Å²) in [5, 5.41) is 9.20. The summed E-state index contributed by atoms with van der Waals surface area (Å²) < 4.78 is 10.1. The predicted octanol–water partition coefficient (Wildman–Crippen LogP) is 2.83. The zero-order valence-electron chi connectivity index (χ0n) is 30.4. The van der Waals surface area contributed by atoms with E-state index in [0.29, 0.717) is 39.4 Å². The Morgan fingerprint density at radius 3 is 2.56 bits per heavy atom. The van der Waals surface area contributed by atoms with E-state index < -0.39 is 11.9 Å². The van der Waals surface area contributed by atoms with Gasteiger partial charge in [0.25, 0.3) is 11.5 Å². The third-order valence-corrected chi connectivity index (χ3v) is 10.5. The Morgan fingerprint density at radius 2 is 1.81 bits per heavy atom.